The van der Waals surface area contributed by atoms with Gasteiger partial charge in [0, 0.05) is 17.3 Å². The van der Waals surface area contributed by atoms with Gasteiger partial charge in [-0.05, 0) is 69.4 Å². The second-order valence-corrected chi connectivity index (χ2v) is 11.8. The summed E-state index contributed by atoms with van der Waals surface area (Å²) in [6.45, 7) is 1.88. The fourth-order valence-corrected chi connectivity index (χ4v) is 7.86. The van der Waals surface area contributed by atoms with E-state index in [1.807, 2.05) is 24.8 Å². The van der Waals surface area contributed by atoms with Crippen LogP contribution in [0.1, 0.15) is 63.4 Å². The number of sulfonamides is 1. The first-order valence-electron chi connectivity index (χ1n) is 10.8. The Bertz CT molecular complexity index is 851. The highest BCUT2D eigenvalue weighted by molar-refractivity contribution is 7.99. The minimum Gasteiger partial charge on any atom is -0.335 e. The monoisotopic (exact) mass is 436 g/mol. The van der Waals surface area contributed by atoms with Crippen molar-refractivity contribution in [2.24, 2.45) is 0 Å². The van der Waals surface area contributed by atoms with Crippen molar-refractivity contribution in [1.29, 1.82) is 0 Å². The summed E-state index contributed by atoms with van der Waals surface area (Å²) in [5, 5.41) is 0.614. The van der Waals surface area contributed by atoms with Crippen molar-refractivity contribution in [1.82, 2.24) is 9.62 Å². The van der Waals surface area contributed by atoms with Gasteiger partial charge in [0.25, 0.3) is 0 Å². The van der Waals surface area contributed by atoms with Crippen molar-refractivity contribution in [3.8, 4) is 0 Å². The van der Waals surface area contributed by atoms with Gasteiger partial charge in [-0.15, -0.1) is 0 Å². The van der Waals surface area contributed by atoms with E-state index in [2.05, 4.69) is 15.9 Å². The summed E-state index contributed by atoms with van der Waals surface area (Å²) < 4.78 is 29.4. The molecule has 3 fully saturated rings. The van der Waals surface area contributed by atoms with Crippen LogP contribution in [-0.4, -0.2) is 48.4 Å². The smallest absolute Gasteiger partial charge is 0.244 e. The van der Waals surface area contributed by atoms with Gasteiger partial charge in [0.15, 0.2) is 0 Å². The lowest BCUT2D eigenvalue weighted by molar-refractivity contribution is -0.143. The van der Waals surface area contributed by atoms with Crippen molar-refractivity contribution >= 4 is 27.7 Å². The predicted molar refractivity (Wildman–Crippen MR) is 118 cm³/mol. The molecule has 2 aliphatic heterocycles. The topological polar surface area (TPSA) is 66.5 Å². The number of nitrogens with one attached hydrogen (secondary N) is 1. The zero-order valence-corrected chi connectivity index (χ0v) is 19.0. The number of hydrogen-bond donors (Lipinski definition) is 1. The number of rotatable bonds is 5. The summed E-state index contributed by atoms with van der Waals surface area (Å²) in [5.74, 6) is 0.0282. The lowest BCUT2D eigenvalue weighted by Crippen LogP contribution is -2.63. The third-order valence-corrected chi connectivity index (χ3v) is 9.59. The van der Waals surface area contributed by atoms with Gasteiger partial charge >= 0.3 is 0 Å². The summed E-state index contributed by atoms with van der Waals surface area (Å²) in [5.41, 5.74) is -0.0949. The minimum atomic E-state index is -3.76. The Kier molecular flexibility index (Phi) is 6.02. The van der Waals surface area contributed by atoms with Crippen molar-refractivity contribution in [2.75, 3.05) is 6.26 Å². The van der Waals surface area contributed by atoms with Crippen LogP contribution in [0.3, 0.4) is 0 Å². The van der Waals surface area contributed by atoms with Gasteiger partial charge in [-0.1, -0.05) is 31.4 Å². The number of fused-ring (bicyclic) bond motifs is 2. The van der Waals surface area contributed by atoms with E-state index in [9.17, 15) is 13.2 Å². The van der Waals surface area contributed by atoms with Crippen LogP contribution in [0.2, 0.25) is 0 Å². The van der Waals surface area contributed by atoms with E-state index in [0.717, 1.165) is 50.5 Å². The Morgan fingerprint density at radius 3 is 2.38 bits per heavy atom. The van der Waals surface area contributed by atoms with Crippen molar-refractivity contribution < 1.29 is 13.2 Å². The van der Waals surface area contributed by atoms with Gasteiger partial charge in [-0.2, -0.15) is 16.5 Å². The Morgan fingerprint density at radius 1 is 1.14 bits per heavy atom. The molecule has 1 aliphatic carbocycles. The number of amides is 1. The summed E-state index contributed by atoms with van der Waals surface area (Å²) in [6, 6.07) is 7.46. The fraction of sp³-hybridized carbons (Fsp3) is 0.682. The van der Waals surface area contributed by atoms with Crippen LogP contribution in [0.25, 0.3) is 0 Å². The number of thioether (sulfide) groups is 1. The molecule has 3 aliphatic rings. The van der Waals surface area contributed by atoms with E-state index in [-0.39, 0.29) is 22.9 Å². The summed E-state index contributed by atoms with van der Waals surface area (Å²) >= 11 is 1.90. The number of aryl methyl sites for hydroxylation is 1. The average Bonchev–Trinajstić information content (AvgIpc) is 2.97. The van der Waals surface area contributed by atoms with Crippen LogP contribution < -0.4 is 4.72 Å². The SMILES string of the molecule is CSC1CC2CCC(C1)N2C(=O)C1(NS(=O)(=O)c2cccc(C)c2)CCCCC1. The molecule has 2 bridgehead atoms. The highest BCUT2D eigenvalue weighted by Gasteiger charge is 2.51. The van der Waals surface area contributed by atoms with Crippen LogP contribution >= 0.6 is 11.8 Å². The molecule has 5 nitrogen and oxygen atoms in total. The first-order valence-corrected chi connectivity index (χ1v) is 13.6. The maximum absolute atomic E-state index is 13.9. The molecular weight excluding hydrogens is 404 g/mol. The minimum absolute atomic E-state index is 0.0282. The van der Waals surface area contributed by atoms with E-state index in [1.165, 1.54) is 0 Å². The molecule has 1 saturated carbocycles. The van der Waals surface area contributed by atoms with Gasteiger partial charge in [0.1, 0.15) is 5.54 Å². The highest BCUT2D eigenvalue weighted by Crippen LogP contribution is 2.43. The first kappa shape index (κ1) is 21.2. The average molecular weight is 437 g/mol. The second kappa shape index (κ2) is 8.23. The third-order valence-electron chi connectivity index (χ3n) is 7.00. The molecule has 2 atom stereocenters. The van der Waals surface area contributed by atoms with Gasteiger partial charge in [-0.3, -0.25) is 4.79 Å². The van der Waals surface area contributed by atoms with E-state index in [1.54, 1.807) is 18.2 Å². The lowest BCUT2D eigenvalue weighted by atomic mass is 9.80. The van der Waals surface area contributed by atoms with Crippen LogP contribution in [0.4, 0.5) is 0 Å². The number of carbonyl (C=O) groups excluding carboxylic acids is 1. The number of nitrogens with zero attached hydrogens (tertiary/aromatic N) is 1. The Morgan fingerprint density at radius 2 is 1.79 bits per heavy atom. The molecule has 1 aromatic rings. The molecule has 0 radical (unpaired) electrons. The number of benzene rings is 1. The number of carbonyl (C=O) groups is 1. The van der Waals surface area contributed by atoms with E-state index in [0.29, 0.717) is 18.1 Å². The lowest BCUT2D eigenvalue weighted by Gasteiger charge is -2.45. The molecule has 1 aromatic carbocycles. The van der Waals surface area contributed by atoms with Crippen molar-refractivity contribution in [3.05, 3.63) is 29.8 Å². The molecule has 29 heavy (non-hydrogen) atoms. The molecule has 1 amide bonds. The Balaban J connectivity index is 1.63. The molecule has 0 spiro atoms. The summed E-state index contributed by atoms with van der Waals surface area (Å²) in [6.07, 6.45) is 10.3. The quantitative estimate of drug-likeness (QED) is 0.761. The van der Waals surface area contributed by atoms with Crippen LogP contribution in [-0.2, 0) is 14.8 Å². The largest absolute Gasteiger partial charge is 0.335 e. The van der Waals surface area contributed by atoms with Gasteiger partial charge < -0.3 is 4.90 Å². The van der Waals surface area contributed by atoms with Crippen LogP contribution in [0.5, 0.6) is 0 Å². The highest BCUT2D eigenvalue weighted by atomic mass is 32.2. The van der Waals surface area contributed by atoms with Crippen molar-refractivity contribution in [3.63, 3.8) is 0 Å². The Hall–Kier alpha value is -1.05. The molecule has 2 unspecified atom stereocenters. The molecule has 7 heteroatoms. The zero-order chi connectivity index (χ0) is 20.6. The number of hydrogen-bond acceptors (Lipinski definition) is 4. The molecule has 4 rings (SSSR count). The van der Waals surface area contributed by atoms with E-state index in [4.69, 9.17) is 0 Å². The van der Waals surface area contributed by atoms with E-state index < -0.39 is 15.6 Å². The van der Waals surface area contributed by atoms with E-state index >= 15 is 0 Å². The standard InChI is InChI=1S/C22H32N2O3S2/c1-16-7-6-8-20(13-16)29(26,27)23-22(11-4-3-5-12-22)21(25)24-17-9-10-18(24)15-19(14-17)28-2/h6-8,13,17-19,23H,3-5,9-12,14-15H2,1-2H3. The predicted octanol–water partition coefficient (Wildman–Crippen LogP) is 3.86. The van der Waals surface area contributed by atoms with Crippen LogP contribution in [0, 0.1) is 6.92 Å². The first-order chi connectivity index (χ1) is 13.8. The normalized spacial score (nSPS) is 29.0. The molecular formula is C22H32N2O3S2. The van der Waals surface area contributed by atoms with Gasteiger partial charge in [0.05, 0.1) is 4.90 Å². The fourth-order valence-electron chi connectivity index (χ4n) is 5.51. The molecule has 1 N–H and O–H groups in total. The molecule has 2 heterocycles. The van der Waals surface area contributed by atoms with Crippen LogP contribution in [0.15, 0.2) is 29.2 Å². The second-order valence-electron chi connectivity index (χ2n) is 8.99. The maximum Gasteiger partial charge on any atom is 0.244 e. The Labute approximate surface area is 179 Å². The summed E-state index contributed by atoms with van der Waals surface area (Å²) in [7, 11) is -3.76. The molecule has 2 saturated heterocycles. The van der Waals surface area contributed by atoms with Gasteiger partial charge in [-0.25, -0.2) is 8.42 Å². The zero-order valence-electron chi connectivity index (χ0n) is 17.4. The molecule has 0 aromatic heterocycles. The summed E-state index contributed by atoms with van der Waals surface area (Å²) in [4.78, 5) is 16.2. The van der Waals surface area contributed by atoms with Gasteiger partial charge in [0.2, 0.25) is 15.9 Å². The maximum atomic E-state index is 13.9. The van der Waals surface area contributed by atoms with Crippen molar-refractivity contribution in [2.45, 2.75) is 92.5 Å². The molecule has 160 valence electrons. The third kappa shape index (κ3) is 4.10. The number of piperidine rings is 1.